The molecule has 0 spiro atoms. The molecule has 4 nitrogen and oxygen atoms in total. The van der Waals surface area contributed by atoms with E-state index < -0.39 is 14.6 Å². The number of Topliss-reactive ketones (excluding diaryl/α,β-unsaturated/α-hetero) is 1. The van der Waals surface area contributed by atoms with Gasteiger partial charge in [-0.15, -0.1) is 0 Å². The number of aryl methyl sites for hydroxylation is 1. The summed E-state index contributed by atoms with van der Waals surface area (Å²) in [5.74, 6) is 0.502. The number of methoxy groups -OCH3 is 1. The van der Waals surface area contributed by atoms with Gasteiger partial charge in [-0.1, -0.05) is 0 Å². The van der Waals surface area contributed by atoms with Gasteiger partial charge in [0.25, 0.3) is 0 Å². The van der Waals surface area contributed by atoms with Crippen LogP contribution in [0.2, 0.25) is 0 Å². The normalized spacial score (nSPS) is 12.3. The molecule has 0 aliphatic carbocycles. The van der Waals surface area contributed by atoms with Gasteiger partial charge in [0.2, 0.25) is 0 Å². The second-order valence-electron chi connectivity index (χ2n) is 5.27. The lowest BCUT2D eigenvalue weighted by molar-refractivity contribution is -0.117. The molecule has 0 unspecified atom stereocenters. The zero-order valence-electron chi connectivity index (χ0n) is 12.0. The van der Waals surface area contributed by atoms with E-state index in [0.717, 1.165) is 5.56 Å². The molecule has 0 aliphatic heterocycles. The van der Waals surface area contributed by atoms with E-state index in [1.54, 1.807) is 32.9 Å². The minimum atomic E-state index is -3.56. The molecule has 0 saturated carbocycles. The molecule has 5 heteroatoms. The Balaban J connectivity index is 3.27. The number of hydrogen-bond acceptors (Lipinski definition) is 4. The summed E-state index contributed by atoms with van der Waals surface area (Å²) < 4.78 is 29.1. The van der Waals surface area contributed by atoms with Gasteiger partial charge in [-0.2, -0.15) is 0 Å². The number of ketones is 1. The van der Waals surface area contributed by atoms with E-state index in [9.17, 15) is 13.2 Å². The Morgan fingerprint density at radius 1 is 1.32 bits per heavy atom. The smallest absolute Gasteiger partial charge is 0.183 e. The molecule has 1 aromatic carbocycles. The van der Waals surface area contributed by atoms with Crippen LogP contribution in [-0.2, 0) is 14.6 Å². The van der Waals surface area contributed by atoms with Crippen LogP contribution in [0.4, 0.5) is 0 Å². The molecule has 0 atom stereocenters. The fraction of sp³-hybridized carbons (Fsp3) is 0.500. The van der Waals surface area contributed by atoms with E-state index in [1.807, 2.05) is 0 Å². The Kier molecular flexibility index (Phi) is 4.40. The monoisotopic (exact) mass is 284 g/mol. The van der Waals surface area contributed by atoms with Gasteiger partial charge in [-0.3, -0.25) is 4.79 Å². The zero-order chi connectivity index (χ0) is 14.8. The highest BCUT2D eigenvalue weighted by Gasteiger charge is 2.36. The molecule has 0 fully saturated rings. The first-order valence-corrected chi connectivity index (χ1v) is 7.49. The summed E-state index contributed by atoms with van der Waals surface area (Å²) in [5, 5.41) is 0. The standard InChI is InChI=1S/C14H20O4S/c1-10-8-12(6-7-13(10)18-5)19(16,17)14(3,4)9-11(2)15/h6-8H,9H2,1-5H3. The molecular weight excluding hydrogens is 264 g/mol. The van der Waals surface area contributed by atoms with E-state index in [0.29, 0.717) is 5.75 Å². The predicted molar refractivity (Wildman–Crippen MR) is 74.3 cm³/mol. The van der Waals surface area contributed by atoms with Crippen molar-refractivity contribution in [2.24, 2.45) is 0 Å². The number of rotatable bonds is 5. The van der Waals surface area contributed by atoms with Crippen molar-refractivity contribution in [1.29, 1.82) is 0 Å². The van der Waals surface area contributed by atoms with Gasteiger partial charge < -0.3 is 4.74 Å². The fourth-order valence-corrected chi connectivity index (χ4v) is 3.64. The van der Waals surface area contributed by atoms with Gasteiger partial charge in [-0.05, 0) is 51.5 Å². The average molecular weight is 284 g/mol. The van der Waals surface area contributed by atoms with Crippen LogP contribution in [0.25, 0.3) is 0 Å². The van der Waals surface area contributed by atoms with Crippen LogP contribution >= 0.6 is 0 Å². The molecule has 0 radical (unpaired) electrons. The first-order chi connectivity index (χ1) is 8.61. The third-order valence-corrected chi connectivity index (χ3v) is 5.55. The van der Waals surface area contributed by atoms with Crippen molar-refractivity contribution in [3.05, 3.63) is 23.8 Å². The van der Waals surface area contributed by atoms with E-state index in [-0.39, 0.29) is 17.1 Å². The van der Waals surface area contributed by atoms with E-state index in [1.165, 1.54) is 20.1 Å². The molecule has 106 valence electrons. The van der Waals surface area contributed by atoms with Gasteiger partial charge in [0.15, 0.2) is 9.84 Å². The number of sulfone groups is 1. The first-order valence-electron chi connectivity index (χ1n) is 6.00. The highest BCUT2D eigenvalue weighted by molar-refractivity contribution is 7.92. The maximum absolute atomic E-state index is 12.5. The molecule has 0 saturated heterocycles. The van der Waals surface area contributed by atoms with Crippen LogP contribution in [-0.4, -0.2) is 26.1 Å². The predicted octanol–water partition coefficient (Wildman–Crippen LogP) is 2.54. The van der Waals surface area contributed by atoms with Gasteiger partial charge in [0.05, 0.1) is 16.8 Å². The Morgan fingerprint density at radius 3 is 2.32 bits per heavy atom. The van der Waals surface area contributed by atoms with E-state index >= 15 is 0 Å². The Hall–Kier alpha value is -1.36. The van der Waals surface area contributed by atoms with Crippen molar-refractivity contribution in [1.82, 2.24) is 0 Å². The third-order valence-electron chi connectivity index (χ3n) is 3.08. The molecule has 0 N–H and O–H groups in total. The Labute approximate surface area is 114 Å². The minimum absolute atomic E-state index is 0.000407. The number of hydrogen-bond donors (Lipinski definition) is 0. The maximum atomic E-state index is 12.5. The molecule has 1 rings (SSSR count). The quantitative estimate of drug-likeness (QED) is 0.833. The van der Waals surface area contributed by atoms with Gasteiger partial charge in [-0.25, -0.2) is 8.42 Å². The highest BCUT2D eigenvalue weighted by atomic mass is 32.2. The van der Waals surface area contributed by atoms with Gasteiger partial charge in [0.1, 0.15) is 11.5 Å². The molecule has 0 aliphatic rings. The zero-order valence-corrected chi connectivity index (χ0v) is 12.8. The summed E-state index contributed by atoms with van der Waals surface area (Å²) in [6, 6.07) is 4.73. The number of carbonyl (C=O) groups excluding carboxylic acids is 1. The molecule has 1 aromatic rings. The summed E-state index contributed by atoms with van der Waals surface area (Å²) in [6.45, 7) is 6.33. The van der Waals surface area contributed by atoms with Crippen LogP contribution in [0.5, 0.6) is 5.75 Å². The molecule has 19 heavy (non-hydrogen) atoms. The summed E-state index contributed by atoms with van der Waals surface area (Å²) in [5.41, 5.74) is 0.752. The van der Waals surface area contributed by atoms with Crippen LogP contribution < -0.4 is 4.74 Å². The molecule has 0 aromatic heterocycles. The fourth-order valence-electron chi connectivity index (χ4n) is 2.03. The Bertz CT molecular complexity index is 585. The number of ether oxygens (including phenoxy) is 1. The molecule has 0 amide bonds. The number of carbonyl (C=O) groups is 1. The van der Waals surface area contributed by atoms with Crippen LogP contribution in [0.1, 0.15) is 32.8 Å². The summed E-state index contributed by atoms with van der Waals surface area (Å²) >= 11 is 0. The van der Waals surface area contributed by atoms with Crippen molar-refractivity contribution in [3.8, 4) is 5.75 Å². The van der Waals surface area contributed by atoms with E-state index in [4.69, 9.17) is 4.74 Å². The topological polar surface area (TPSA) is 60.4 Å². The molecule has 0 heterocycles. The van der Waals surface area contributed by atoms with Crippen molar-refractivity contribution < 1.29 is 17.9 Å². The van der Waals surface area contributed by atoms with Gasteiger partial charge in [0, 0.05) is 6.42 Å². The SMILES string of the molecule is COc1ccc(S(=O)(=O)C(C)(C)CC(C)=O)cc1C. The largest absolute Gasteiger partial charge is 0.496 e. The molecular formula is C14H20O4S. The molecule has 0 bridgehead atoms. The average Bonchev–Trinajstić information content (AvgIpc) is 2.26. The lowest BCUT2D eigenvalue weighted by Crippen LogP contribution is -2.34. The van der Waals surface area contributed by atoms with Crippen LogP contribution in [0.15, 0.2) is 23.1 Å². The highest BCUT2D eigenvalue weighted by Crippen LogP contribution is 2.31. The summed E-state index contributed by atoms with van der Waals surface area (Å²) in [6.07, 6.45) is 0.000407. The lowest BCUT2D eigenvalue weighted by Gasteiger charge is -2.24. The summed E-state index contributed by atoms with van der Waals surface area (Å²) in [7, 11) is -2.02. The second-order valence-corrected chi connectivity index (χ2v) is 7.86. The van der Waals surface area contributed by atoms with Crippen molar-refractivity contribution in [2.45, 2.75) is 43.8 Å². The van der Waals surface area contributed by atoms with Crippen LogP contribution in [0.3, 0.4) is 0 Å². The van der Waals surface area contributed by atoms with Gasteiger partial charge >= 0.3 is 0 Å². The van der Waals surface area contributed by atoms with Crippen molar-refractivity contribution in [3.63, 3.8) is 0 Å². The second kappa shape index (κ2) is 5.33. The minimum Gasteiger partial charge on any atom is -0.496 e. The summed E-state index contributed by atoms with van der Waals surface area (Å²) in [4.78, 5) is 11.4. The van der Waals surface area contributed by atoms with Crippen molar-refractivity contribution in [2.75, 3.05) is 7.11 Å². The van der Waals surface area contributed by atoms with E-state index in [2.05, 4.69) is 0 Å². The third kappa shape index (κ3) is 3.15. The van der Waals surface area contributed by atoms with Crippen LogP contribution in [0, 0.1) is 6.92 Å². The van der Waals surface area contributed by atoms with Crippen molar-refractivity contribution >= 4 is 15.6 Å². The lowest BCUT2D eigenvalue weighted by atomic mass is 10.1. The Morgan fingerprint density at radius 2 is 1.89 bits per heavy atom. The first kappa shape index (κ1) is 15.7. The maximum Gasteiger partial charge on any atom is 0.183 e. The number of benzene rings is 1.